The van der Waals surface area contributed by atoms with Gasteiger partial charge in [-0.05, 0) is 7.05 Å². The Balaban J connectivity index is 1.95. The van der Waals surface area contributed by atoms with Crippen LogP contribution >= 0.6 is 0 Å². The van der Waals surface area contributed by atoms with E-state index in [2.05, 4.69) is 17.3 Å². The van der Waals surface area contributed by atoms with Crippen molar-refractivity contribution < 1.29 is 9.59 Å². The minimum atomic E-state index is -0.506. The maximum atomic E-state index is 11.5. The molecule has 0 aliphatic carbocycles. The number of carbonyl (C=O) groups is 2. The van der Waals surface area contributed by atoms with Gasteiger partial charge >= 0.3 is 11.8 Å². The lowest BCUT2D eigenvalue weighted by atomic mass is 9.93. The molecule has 2 aliphatic heterocycles. The smallest absolute Gasteiger partial charge is 0.311 e. The van der Waals surface area contributed by atoms with Crippen LogP contribution in [0.4, 0.5) is 0 Å². The van der Waals surface area contributed by atoms with E-state index in [0.29, 0.717) is 18.5 Å². The van der Waals surface area contributed by atoms with Gasteiger partial charge in [0.2, 0.25) is 0 Å². The van der Waals surface area contributed by atoms with E-state index in [1.165, 1.54) is 7.05 Å². The largest absolute Gasteiger partial charge is 0.351 e. The maximum Gasteiger partial charge on any atom is 0.311 e. The van der Waals surface area contributed by atoms with Crippen molar-refractivity contribution in [1.29, 1.82) is 0 Å². The molecule has 14 heavy (non-hydrogen) atoms. The second-order valence-electron chi connectivity index (χ2n) is 4.06. The van der Waals surface area contributed by atoms with Gasteiger partial charge in [0, 0.05) is 38.6 Å². The minimum absolute atomic E-state index is 0.393. The van der Waals surface area contributed by atoms with Gasteiger partial charge in [0.1, 0.15) is 0 Å². The number of nitrogens with one attached hydrogen (secondary N) is 1. The van der Waals surface area contributed by atoms with Crippen LogP contribution in [0.3, 0.4) is 0 Å². The van der Waals surface area contributed by atoms with E-state index >= 15 is 0 Å². The standard InChI is InChI=1S/C9H15N3O2/c1-10-8(13)9(14)12-4-6-3-11(2)7(6)5-12/h6-7H,3-5H2,1-2H3,(H,10,13)/t6-,7+/m1/s1. The van der Waals surface area contributed by atoms with Crippen LogP contribution < -0.4 is 5.32 Å². The van der Waals surface area contributed by atoms with Crippen LogP contribution in [-0.2, 0) is 9.59 Å². The number of likely N-dealkylation sites (N-methyl/N-ethyl adjacent to an activating group) is 2. The van der Waals surface area contributed by atoms with Gasteiger partial charge in [0.25, 0.3) is 0 Å². The van der Waals surface area contributed by atoms with E-state index in [-0.39, 0.29) is 0 Å². The maximum absolute atomic E-state index is 11.5. The molecule has 5 heteroatoms. The zero-order valence-electron chi connectivity index (χ0n) is 8.49. The Kier molecular flexibility index (Phi) is 2.19. The van der Waals surface area contributed by atoms with Crippen molar-refractivity contribution in [2.75, 3.05) is 33.7 Å². The second-order valence-corrected chi connectivity index (χ2v) is 4.06. The summed E-state index contributed by atoms with van der Waals surface area (Å²) in [5, 5.41) is 2.36. The summed E-state index contributed by atoms with van der Waals surface area (Å²) >= 11 is 0. The van der Waals surface area contributed by atoms with Gasteiger partial charge in [-0.15, -0.1) is 0 Å². The summed E-state index contributed by atoms with van der Waals surface area (Å²) in [5.41, 5.74) is 0. The summed E-state index contributed by atoms with van der Waals surface area (Å²) in [5.74, 6) is -0.321. The number of fused-ring (bicyclic) bond motifs is 1. The molecule has 2 atom stereocenters. The molecule has 0 saturated carbocycles. The first-order chi connectivity index (χ1) is 6.63. The predicted octanol–water partition coefficient (Wildman–Crippen LogP) is -1.50. The van der Waals surface area contributed by atoms with Gasteiger partial charge in [-0.25, -0.2) is 0 Å². The van der Waals surface area contributed by atoms with Crippen molar-refractivity contribution in [3.63, 3.8) is 0 Å². The van der Waals surface area contributed by atoms with Gasteiger partial charge in [0.15, 0.2) is 0 Å². The molecule has 0 aromatic heterocycles. The highest BCUT2D eigenvalue weighted by Crippen LogP contribution is 2.30. The Morgan fingerprint density at radius 3 is 2.50 bits per heavy atom. The first kappa shape index (κ1) is 9.45. The van der Waals surface area contributed by atoms with E-state index in [1.54, 1.807) is 4.90 Å². The number of hydrogen-bond acceptors (Lipinski definition) is 3. The van der Waals surface area contributed by atoms with E-state index in [0.717, 1.165) is 13.1 Å². The van der Waals surface area contributed by atoms with E-state index in [1.807, 2.05) is 0 Å². The molecule has 2 saturated heterocycles. The number of nitrogens with zero attached hydrogens (tertiary/aromatic N) is 2. The zero-order chi connectivity index (χ0) is 10.3. The molecule has 2 heterocycles. The molecule has 0 aromatic rings. The van der Waals surface area contributed by atoms with Crippen molar-refractivity contribution in [3.05, 3.63) is 0 Å². The number of rotatable bonds is 0. The third-order valence-corrected chi connectivity index (χ3v) is 3.20. The molecule has 2 amide bonds. The summed E-state index contributed by atoms with van der Waals surface area (Å²) in [4.78, 5) is 26.5. The van der Waals surface area contributed by atoms with Crippen molar-refractivity contribution in [1.82, 2.24) is 15.1 Å². The van der Waals surface area contributed by atoms with E-state index in [4.69, 9.17) is 0 Å². The Bertz CT molecular complexity index is 279. The molecule has 0 unspecified atom stereocenters. The topological polar surface area (TPSA) is 52.7 Å². The van der Waals surface area contributed by atoms with Crippen molar-refractivity contribution in [2.24, 2.45) is 5.92 Å². The Labute approximate surface area is 83.0 Å². The van der Waals surface area contributed by atoms with Gasteiger partial charge in [-0.3, -0.25) is 9.59 Å². The third kappa shape index (κ3) is 1.28. The van der Waals surface area contributed by atoms with Crippen LogP contribution in [0.2, 0.25) is 0 Å². The zero-order valence-corrected chi connectivity index (χ0v) is 8.49. The van der Waals surface area contributed by atoms with Gasteiger partial charge in [-0.2, -0.15) is 0 Å². The van der Waals surface area contributed by atoms with Gasteiger partial charge in [0.05, 0.1) is 0 Å². The second kappa shape index (κ2) is 3.24. The molecular formula is C9H15N3O2. The van der Waals surface area contributed by atoms with Crippen LogP contribution in [0.1, 0.15) is 0 Å². The van der Waals surface area contributed by atoms with Crippen molar-refractivity contribution in [2.45, 2.75) is 6.04 Å². The summed E-state index contributed by atoms with van der Waals surface area (Å²) in [6, 6.07) is 0.476. The average molecular weight is 197 g/mol. The summed E-state index contributed by atoms with van der Waals surface area (Å²) in [7, 11) is 3.53. The molecule has 2 aliphatic rings. The monoisotopic (exact) mass is 197 g/mol. The molecule has 2 rings (SSSR count). The number of amides is 2. The predicted molar refractivity (Wildman–Crippen MR) is 50.6 cm³/mol. The van der Waals surface area contributed by atoms with E-state index < -0.39 is 11.8 Å². The van der Waals surface area contributed by atoms with Crippen LogP contribution in [-0.4, -0.2) is 61.4 Å². The molecule has 0 aromatic carbocycles. The fraction of sp³-hybridized carbons (Fsp3) is 0.778. The van der Waals surface area contributed by atoms with Crippen LogP contribution in [0, 0.1) is 5.92 Å². The highest BCUT2D eigenvalue weighted by molar-refractivity contribution is 6.35. The molecular weight excluding hydrogens is 182 g/mol. The van der Waals surface area contributed by atoms with Crippen LogP contribution in [0.25, 0.3) is 0 Å². The lowest BCUT2D eigenvalue weighted by Crippen LogP contribution is -2.52. The number of carbonyl (C=O) groups excluding carboxylic acids is 2. The normalized spacial score (nSPS) is 30.9. The fourth-order valence-electron chi connectivity index (χ4n) is 2.32. The molecule has 1 N–H and O–H groups in total. The highest BCUT2D eigenvalue weighted by Gasteiger charge is 2.45. The van der Waals surface area contributed by atoms with E-state index in [9.17, 15) is 9.59 Å². The Morgan fingerprint density at radius 2 is 2.00 bits per heavy atom. The molecule has 0 bridgehead atoms. The Morgan fingerprint density at radius 1 is 1.29 bits per heavy atom. The first-order valence-corrected chi connectivity index (χ1v) is 4.84. The Hall–Kier alpha value is -1.10. The molecule has 0 radical (unpaired) electrons. The average Bonchev–Trinajstić information content (AvgIpc) is 2.53. The fourth-order valence-corrected chi connectivity index (χ4v) is 2.32. The van der Waals surface area contributed by atoms with Crippen molar-refractivity contribution in [3.8, 4) is 0 Å². The van der Waals surface area contributed by atoms with Crippen LogP contribution in [0.5, 0.6) is 0 Å². The lowest BCUT2D eigenvalue weighted by Gasteiger charge is -2.40. The number of likely N-dealkylation sites (tertiary alicyclic amines) is 2. The summed E-state index contributed by atoms with van der Waals surface area (Å²) < 4.78 is 0. The molecule has 78 valence electrons. The lowest BCUT2D eigenvalue weighted by molar-refractivity contribution is -0.144. The first-order valence-electron chi connectivity index (χ1n) is 4.84. The third-order valence-electron chi connectivity index (χ3n) is 3.20. The minimum Gasteiger partial charge on any atom is -0.351 e. The highest BCUT2D eigenvalue weighted by atomic mass is 16.2. The number of hydrogen-bond donors (Lipinski definition) is 1. The quantitative estimate of drug-likeness (QED) is 0.481. The summed E-state index contributed by atoms with van der Waals surface area (Å²) in [6.07, 6.45) is 0. The molecule has 5 nitrogen and oxygen atoms in total. The van der Waals surface area contributed by atoms with Gasteiger partial charge in [-0.1, -0.05) is 0 Å². The SMILES string of the molecule is CNC(=O)C(=O)N1C[C@H]2CN(C)[C@H]2C1. The van der Waals surface area contributed by atoms with Gasteiger partial charge < -0.3 is 15.1 Å². The molecule has 0 spiro atoms. The van der Waals surface area contributed by atoms with Crippen molar-refractivity contribution >= 4 is 11.8 Å². The molecule has 2 fully saturated rings. The summed E-state index contributed by atoms with van der Waals surface area (Å²) in [6.45, 7) is 2.48. The van der Waals surface area contributed by atoms with Crippen LogP contribution in [0.15, 0.2) is 0 Å².